The number of anilines is 1. The maximum absolute atomic E-state index is 6.08. The van der Waals surface area contributed by atoms with Gasteiger partial charge in [0.1, 0.15) is 5.82 Å². The maximum Gasteiger partial charge on any atom is 0.245 e. The van der Waals surface area contributed by atoms with Gasteiger partial charge in [0.2, 0.25) is 5.95 Å². The van der Waals surface area contributed by atoms with Gasteiger partial charge in [0.25, 0.3) is 0 Å². The van der Waals surface area contributed by atoms with E-state index in [2.05, 4.69) is 31.9 Å². The van der Waals surface area contributed by atoms with E-state index in [-0.39, 0.29) is 6.04 Å². The molecule has 96 valence electrons. The highest BCUT2D eigenvalue weighted by molar-refractivity contribution is 5.32. The molecule has 2 atom stereocenters. The molecule has 0 bridgehead atoms. The second-order valence-corrected chi connectivity index (χ2v) is 5.06. The van der Waals surface area contributed by atoms with Gasteiger partial charge < -0.3 is 15.5 Å². The van der Waals surface area contributed by atoms with E-state index in [0.29, 0.717) is 6.04 Å². The molecule has 1 aliphatic heterocycles. The lowest BCUT2D eigenvalue weighted by Crippen LogP contribution is -2.51. The number of rotatable bonds is 3. The Balaban J connectivity index is 2.08. The molecule has 2 heterocycles. The molecule has 0 aromatic carbocycles. The van der Waals surface area contributed by atoms with Crippen LogP contribution in [-0.4, -0.2) is 52.8 Å². The summed E-state index contributed by atoms with van der Waals surface area (Å²) in [5, 5.41) is 7.27. The highest BCUT2D eigenvalue weighted by Crippen LogP contribution is 2.20. The zero-order valence-corrected chi connectivity index (χ0v) is 10.8. The molecule has 2 unspecified atom stereocenters. The minimum atomic E-state index is 0.222. The third kappa shape index (κ3) is 2.76. The fourth-order valence-corrected chi connectivity index (χ4v) is 2.24. The number of nitrogens with two attached hydrogens (primary N) is 1. The summed E-state index contributed by atoms with van der Waals surface area (Å²) in [5.41, 5.74) is 6.08. The van der Waals surface area contributed by atoms with Crippen molar-refractivity contribution in [1.29, 1.82) is 0 Å². The molecule has 0 amide bonds. The summed E-state index contributed by atoms with van der Waals surface area (Å²) in [4.78, 5) is 8.78. The SMILES string of the molecule is CC1C(N)CCCN1c1n[nH]c(CN(C)C)n1. The van der Waals surface area contributed by atoms with Crippen LogP contribution in [-0.2, 0) is 6.54 Å². The Hall–Kier alpha value is -1.14. The topological polar surface area (TPSA) is 74.1 Å². The Morgan fingerprint density at radius 1 is 1.53 bits per heavy atom. The molecule has 0 spiro atoms. The summed E-state index contributed by atoms with van der Waals surface area (Å²) in [7, 11) is 4.03. The van der Waals surface area contributed by atoms with E-state index in [1.807, 2.05) is 14.1 Å². The Morgan fingerprint density at radius 3 is 3.00 bits per heavy atom. The summed E-state index contributed by atoms with van der Waals surface area (Å²) in [6.45, 7) is 3.92. The summed E-state index contributed by atoms with van der Waals surface area (Å²) in [6.07, 6.45) is 2.20. The second kappa shape index (κ2) is 5.01. The number of nitrogens with one attached hydrogen (secondary N) is 1. The standard InChI is InChI=1S/C11H22N6/c1-8-9(12)5-4-6-17(8)11-13-10(14-15-11)7-16(2)3/h8-9H,4-7,12H2,1-3H3,(H,13,14,15). The van der Waals surface area contributed by atoms with Crippen LogP contribution in [0.15, 0.2) is 0 Å². The molecule has 2 rings (SSSR count). The molecular weight excluding hydrogens is 216 g/mol. The van der Waals surface area contributed by atoms with Gasteiger partial charge in [0.05, 0.1) is 6.54 Å². The van der Waals surface area contributed by atoms with Crippen LogP contribution in [0.5, 0.6) is 0 Å². The Morgan fingerprint density at radius 2 is 2.29 bits per heavy atom. The Kier molecular flexibility index (Phi) is 3.63. The highest BCUT2D eigenvalue weighted by atomic mass is 15.4. The van der Waals surface area contributed by atoms with Crippen molar-refractivity contribution in [3.05, 3.63) is 5.82 Å². The molecule has 3 N–H and O–H groups in total. The fraction of sp³-hybridized carbons (Fsp3) is 0.818. The molecule has 1 aliphatic rings. The molecule has 0 aliphatic carbocycles. The van der Waals surface area contributed by atoms with Crippen molar-refractivity contribution in [2.75, 3.05) is 25.5 Å². The van der Waals surface area contributed by atoms with E-state index >= 15 is 0 Å². The summed E-state index contributed by atoms with van der Waals surface area (Å²) in [5.74, 6) is 1.68. The van der Waals surface area contributed by atoms with Gasteiger partial charge in [-0.1, -0.05) is 0 Å². The number of aromatic amines is 1. The highest BCUT2D eigenvalue weighted by Gasteiger charge is 2.27. The predicted octanol–water partition coefficient (Wildman–Crippen LogP) is 0.182. The average Bonchev–Trinajstić information content (AvgIpc) is 2.69. The van der Waals surface area contributed by atoms with Gasteiger partial charge >= 0.3 is 0 Å². The molecule has 1 aromatic heterocycles. The van der Waals surface area contributed by atoms with Gasteiger partial charge in [-0.05, 0) is 33.9 Å². The second-order valence-electron chi connectivity index (χ2n) is 5.06. The third-order valence-corrected chi connectivity index (χ3v) is 3.29. The van der Waals surface area contributed by atoms with Crippen molar-refractivity contribution in [2.24, 2.45) is 5.73 Å². The maximum atomic E-state index is 6.08. The molecule has 1 aromatic rings. The molecule has 6 heteroatoms. The van der Waals surface area contributed by atoms with Crippen LogP contribution in [0.2, 0.25) is 0 Å². The fourth-order valence-electron chi connectivity index (χ4n) is 2.24. The first kappa shape index (κ1) is 12.3. The molecule has 1 fully saturated rings. The van der Waals surface area contributed by atoms with Crippen molar-refractivity contribution in [3.63, 3.8) is 0 Å². The van der Waals surface area contributed by atoms with Crippen LogP contribution in [0.4, 0.5) is 5.95 Å². The predicted molar refractivity (Wildman–Crippen MR) is 67.8 cm³/mol. The monoisotopic (exact) mass is 238 g/mol. The van der Waals surface area contributed by atoms with Gasteiger partial charge in [-0.15, -0.1) is 5.10 Å². The smallest absolute Gasteiger partial charge is 0.245 e. The number of hydrogen-bond donors (Lipinski definition) is 2. The van der Waals surface area contributed by atoms with Crippen molar-refractivity contribution in [1.82, 2.24) is 20.1 Å². The first-order valence-electron chi connectivity index (χ1n) is 6.16. The van der Waals surface area contributed by atoms with Crippen molar-refractivity contribution < 1.29 is 0 Å². The van der Waals surface area contributed by atoms with Crippen molar-refractivity contribution in [3.8, 4) is 0 Å². The van der Waals surface area contributed by atoms with Crippen LogP contribution < -0.4 is 10.6 Å². The lowest BCUT2D eigenvalue weighted by molar-refractivity contribution is 0.390. The van der Waals surface area contributed by atoms with Crippen molar-refractivity contribution >= 4 is 5.95 Å². The number of nitrogens with zero attached hydrogens (tertiary/aromatic N) is 4. The summed E-state index contributed by atoms with van der Waals surface area (Å²) >= 11 is 0. The summed E-state index contributed by atoms with van der Waals surface area (Å²) in [6, 6.07) is 0.534. The van der Waals surface area contributed by atoms with Crippen LogP contribution in [0.25, 0.3) is 0 Å². The molecule has 0 radical (unpaired) electrons. The quantitative estimate of drug-likeness (QED) is 0.786. The van der Waals surface area contributed by atoms with Gasteiger partial charge in [-0.25, -0.2) is 0 Å². The number of H-pyrrole nitrogens is 1. The zero-order chi connectivity index (χ0) is 12.4. The van der Waals surface area contributed by atoms with Crippen LogP contribution in [0, 0.1) is 0 Å². The van der Waals surface area contributed by atoms with Gasteiger partial charge in [0, 0.05) is 18.6 Å². The zero-order valence-electron chi connectivity index (χ0n) is 10.8. The molecular formula is C11H22N6. The third-order valence-electron chi connectivity index (χ3n) is 3.29. The number of aromatic nitrogens is 3. The Bertz CT molecular complexity index is 361. The number of hydrogen-bond acceptors (Lipinski definition) is 5. The van der Waals surface area contributed by atoms with Gasteiger partial charge in [-0.3, -0.25) is 5.10 Å². The lowest BCUT2D eigenvalue weighted by atomic mass is 9.99. The van der Waals surface area contributed by atoms with Crippen LogP contribution >= 0.6 is 0 Å². The van der Waals surface area contributed by atoms with Crippen LogP contribution in [0.1, 0.15) is 25.6 Å². The largest absolute Gasteiger partial charge is 0.335 e. The normalized spacial score (nSPS) is 25.6. The van der Waals surface area contributed by atoms with Crippen molar-refractivity contribution in [2.45, 2.75) is 38.4 Å². The molecule has 6 nitrogen and oxygen atoms in total. The Labute approximate surface area is 102 Å². The minimum Gasteiger partial charge on any atom is -0.335 e. The average molecular weight is 238 g/mol. The van der Waals surface area contributed by atoms with Gasteiger partial charge in [-0.2, -0.15) is 4.98 Å². The minimum absolute atomic E-state index is 0.222. The molecule has 0 saturated carbocycles. The lowest BCUT2D eigenvalue weighted by Gasteiger charge is -2.36. The first-order chi connectivity index (χ1) is 8.08. The van der Waals surface area contributed by atoms with Gasteiger partial charge in [0.15, 0.2) is 0 Å². The van der Waals surface area contributed by atoms with E-state index in [9.17, 15) is 0 Å². The van der Waals surface area contributed by atoms with E-state index in [1.54, 1.807) is 0 Å². The van der Waals surface area contributed by atoms with E-state index in [0.717, 1.165) is 37.7 Å². The number of piperidine rings is 1. The molecule has 17 heavy (non-hydrogen) atoms. The summed E-state index contributed by atoms with van der Waals surface area (Å²) < 4.78 is 0. The van der Waals surface area contributed by atoms with E-state index < -0.39 is 0 Å². The van der Waals surface area contributed by atoms with E-state index in [1.165, 1.54) is 0 Å². The first-order valence-corrected chi connectivity index (χ1v) is 6.16. The van der Waals surface area contributed by atoms with E-state index in [4.69, 9.17) is 5.73 Å². The molecule has 1 saturated heterocycles. The van der Waals surface area contributed by atoms with Crippen LogP contribution in [0.3, 0.4) is 0 Å².